The number of rotatable bonds is 6. The Morgan fingerprint density at radius 3 is 2.62 bits per heavy atom. The first-order valence-corrected chi connectivity index (χ1v) is 8.06. The normalized spacial score (nSPS) is 16.8. The zero-order chi connectivity index (χ0) is 17.6. The van der Waals surface area contributed by atoms with Crippen molar-refractivity contribution in [2.45, 2.75) is 38.4 Å². The zero-order valence-electron chi connectivity index (χ0n) is 13.6. The van der Waals surface area contributed by atoms with Crippen LogP contribution in [0.3, 0.4) is 0 Å². The summed E-state index contributed by atoms with van der Waals surface area (Å²) < 4.78 is 40.7. The van der Waals surface area contributed by atoms with Gasteiger partial charge in [0.15, 0.2) is 6.61 Å². The number of halogens is 3. The van der Waals surface area contributed by atoms with E-state index in [1.165, 1.54) is 18.3 Å². The van der Waals surface area contributed by atoms with Crippen molar-refractivity contribution in [3.05, 3.63) is 23.9 Å². The van der Waals surface area contributed by atoms with Gasteiger partial charge in [-0.1, -0.05) is 6.92 Å². The van der Waals surface area contributed by atoms with Gasteiger partial charge in [-0.05, 0) is 31.9 Å². The van der Waals surface area contributed by atoms with Crippen molar-refractivity contribution in [1.29, 1.82) is 0 Å². The van der Waals surface area contributed by atoms with E-state index in [0.717, 1.165) is 38.9 Å². The van der Waals surface area contributed by atoms with Crippen LogP contribution in [0.2, 0.25) is 0 Å². The van der Waals surface area contributed by atoms with E-state index in [0.29, 0.717) is 5.56 Å². The van der Waals surface area contributed by atoms with E-state index < -0.39 is 12.8 Å². The van der Waals surface area contributed by atoms with Crippen molar-refractivity contribution in [3.63, 3.8) is 0 Å². The Labute approximate surface area is 139 Å². The van der Waals surface area contributed by atoms with Crippen LogP contribution in [0.1, 0.15) is 36.5 Å². The molecule has 0 bridgehead atoms. The Hall–Kier alpha value is -1.83. The lowest BCUT2D eigenvalue weighted by atomic mass is 10.0. The fourth-order valence-electron chi connectivity index (χ4n) is 2.64. The molecule has 134 valence electrons. The van der Waals surface area contributed by atoms with Crippen molar-refractivity contribution in [1.82, 2.24) is 15.2 Å². The molecule has 1 saturated heterocycles. The summed E-state index contributed by atoms with van der Waals surface area (Å²) >= 11 is 0. The van der Waals surface area contributed by atoms with Crippen molar-refractivity contribution in [3.8, 4) is 5.88 Å². The summed E-state index contributed by atoms with van der Waals surface area (Å²) in [6.07, 6.45) is -0.277. The maximum Gasteiger partial charge on any atom is 0.422 e. The van der Waals surface area contributed by atoms with E-state index in [1.54, 1.807) is 0 Å². The molecule has 0 aromatic carbocycles. The molecule has 24 heavy (non-hydrogen) atoms. The summed E-state index contributed by atoms with van der Waals surface area (Å²) in [6.45, 7) is 3.73. The summed E-state index contributed by atoms with van der Waals surface area (Å²) in [5, 5.41) is 2.95. The lowest BCUT2D eigenvalue weighted by molar-refractivity contribution is -0.154. The number of hydrogen-bond donors (Lipinski definition) is 1. The Bertz CT molecular complexity index is 526. The first-order valence-electron chi connectivity index (χ1n) is 8.06. The molecule has 1 aliphatic heterocycles. The molecule has 0 radical (unpaired) electrons. The second-order valence-electron chi connectivity index (χ2n) is 5.88. The van der Waals surface area contributed by atoms with Crippen molar-refractivity contribution in [2.24, 2.45) is 0 Å². The molecule has 0 atom stereocenters. The molecule has 0 saturated carbocycles. The molecule has 1 N–H and O–H groups in total. The summed E-state index contributed by atoms with van der Waals surface area (Å²) in [7, 11) is 0. The largest absolute Gasteiger partial charge is 0.468 e. The Kier molecular flexibility index (Phi) is 6.42. The molecular weight excluding hydrogens is 323 g/mol. The molecule has 1 aromatic rings. The lowest BCUT2D eigenvalue weighted by Crippen LogP contribution is -2.44. The van der Waals surface area contributed by atoms with Crippen LogP contribution < -0.4 is 10.1 Å². The number of hydrogen-bond acceptors (Lipinski definition) is 4. The summed E-state index contributed by atoms with van der Waals surface area (Å²) in [4.78, 5) is 18.3. The minimum Gasteiger partial charge on any atom is -0.468 e. The molecule has 1 aromatic heterocycles. The number of pyridine rings is 1. The van der Waals surface area contributed by atoms with Gasteiger partial charge in [0.2, 0.25) is 5.88 Å². The van der Waals surface area contributed by atoms with Crippen LogP contribution in [-0.2, 0) is 0 Å². The number of carbonyl (C=O) groups is 1. The third kappa shape index (κ3) is 5.99. The Balaban J connectivity index is 1.80. The average Bonchev–Trinajstić information content (AvgIpc) is 2.55. The first-order chi connectivity index (χ1) is 11.4. The molecular formula is C16H22F3N3O2. The minimum absolute atomic E-state index is 0.117. The maximum absolute atomic E-state index is 12.2. The highest BCUT2D eigenvalue weighted by Crippen LogP contribution is 2.17. The highest BCUT2D eigenvalue weighted by molar-refractivity contribution is 5.94. The van der Waals surface area contributed by atoms with Crippen LogP contribution >= 0.6 is 0 Å². The summed E-state index contributed by atoms with van der Waals surface area (Å²) in [5.74, 6) is -0.421. The topological polar surface area (TPSA) is 54.5 Å². The summed E-state index contributed by atoms with van der Waals surface area (Å²) in [6, 6.07) is 2.80. The van der Waals surface area contributed by atoms with Crippen LogP contribution in [-0.4, -0.2) is 54.3 Å². The average molecular weight is 345 g/mol. The molecule has 1 amide bonds. The molecule has 0 spiro atoms. The third-order valence-electron chi connectivity index (χ3n) is 3.84. The number of piperidine rings is 1. The van der Waals surface area contributed by atoms with E-state index in [2.05, 4.69) is 26.9 Å². The van der Waals surface area contributed by atoms with E-state index in [4.69, 9.17) is 0 Å². The van der Waals surface area contributed by atoms with Gasteiger partial charge < -0.3 is 15.0 Å². The second-order valence-corrected chi connectivity index (χ2v) is 5.88. The molecule has 2 heterocycles. The number of alkyl halides is 3. The Morgan fingerprint density at radius 2 is 2.08 bits per heavy atom. The number of aromatic nitrogens is 1. The van der Waals surface area contributed by atoms with Crippen LogP contribution in [0.15, 0.2) is 18.3 Å². The molecule has 1 aliphatic rings. The van der Waals surface area contributed by atoms with Crippen LogP contribution in [0.4, 0.5) is 13.2 Å². The quantitative estimate of drug-likeness (QED) is 0.861. The monoisotopic (exact) mass is 345 g/mol. The summed E-state index contributed by atoms with van der Waals surface area (Å²) in [5.41, 5.74) is 0.311. The fraction of sp³-hybridized carbons (Fsp3) is 0.625. The number of nitrogens with zero attached hydrogens (tertiary/aromatic N) is 2. The van der Waals surface area contributed by atoms with E-state index in [9.17, 15) is 18.0 Å². The zero-order valence-corrected chi connectivity index (χ0v) is 13.6. The molecule has 0 unspecified atom stereocenters. The van der Waals surface area contributed by atoms with Gasteiger partial charge >= 0.3 is 6.18 Å². The van der Waals surface area contributed by atoms with Gasteiger partial charge in [0.05, 0.1) is 5.56 Å². The highest BCUT2D eigenvalue weighted by Gasteiger charge is 2.28. The van der Waals surface area contributed by atoms with Gasteiger partial charge in [0.1, 0.15) is 0 Å². The van der Waals surface area contributed by atoms with Gasteiger partial charge in [0, 0.05) is 31.4 Å². The minimum atomic E-state index is -4.41. The first kappa shape index (κ1) is 18.5. The SMILES string of the molecule is CCCN1CCC(NC(=O)c2ccc(OCC(F)(F)F)nc2)CC1. The smallest absolute Gasteiger partial charge is 0.422 e. The van der Waals surface area contributed by atoms with Gasteiger partial charge in [-0.2, -0.15) is 13.2 Å². The standard InChI is InChI=1S/C16H22F3N3O2/c1-2-7-22-8-5-13(6-9-22)21-15(23)12-3-4-14(20-10-12)24-11-16(17,18)19/h3-4,10,13H,2,5-9,11H2,1H3,(H,21,23). The van der Waals surface area contributed by atoms with Gasteiger partial charge in [0.25, 0.3) is 5.91 Å². The van der Waals surface area contributed by atoms with E-state index in [1.807, 2.05) is 0 Å². The number of carbonyl (C=O) groups excluding carboxylic acids is 1. The predicted molar refractivity (Wildman–Crippen MR) is 83.0 cm³/mol. The van der Waals surface area contributed by atoms with Crippen LogP contribution in [0.25, 0.3) is 0 Å². The third-order valence-corrected chi connectivity index (χ3v) is 3.84. The molecule has 2 rings (SSSR count). The number of likely N-dealkylation sites (tertiary alicyclic amines) is 1. The molecule has 5 nitrogen and oxygen atoms in total. The number of ether oxygens (including phenoxy) is 1. The highest BCUT2D eigenvalue weighted by atomic mass is 19.4. The van der Waals surface area contributed by atoms with Crippen LogP contribution in [0.5, 0.6) is 5.88 Å². The van der Waals surface area contributed by atoms with Crippen LogP contribution in [0, 0.1) is 0 Å². The van der Waals surface area contributed by atoms with Gasteiger partial charge in [-0.3, -0.25) is 4.79 Å². The van der Waals surface area contributed by atoms with Crippen molar-refractivity contribution in [2.75, 3.05) is 26.2 Å². The number of amides is 1. The van der Waals surface area contributed by atoms with E-state index >= 15 is 0 Å². The maximum atomic E-state index is 12.2. The Morgan fingerprint density at radius 1 is 1.38 bits per heavy atom. The van der Waals surface area contributed by atoms with Crippen molar-refractivity contribution >= 4 is 5.91 Å². The molecule has 1 fully saturated rings. The van der Waals surface area contributed by atoms with E-state index in [-0.39, 0.29) is 17.8 Å². The molecule has 8 heteroatoms. The van der Waals surface area contributed by atoms with Crippen molar-refractivity contribution < 1.29 is 22.7 Å². The molecule has 0 aliphatic carbocycles. The fourth-order valence-corrected chi connectivity index (χ4v) is 2.64. The second kappa shape index (κ2) is 8.32. The van der Waals surface area contributed by atoms with Gasteiger partial charge in [-0.15, -0.1) is 0 Å². The van der Waals surface area contributed by atoms with Gasteiger partial charge in [-0.25, -0.2) is 4.98 Å². The predicted octanol–water partition coefficient (Wildman–Crippen LogP) is 2.63. The lowest BCUT2D eigenvalue weighted by Gasteiger charge is -2.32. The number of nitrogens with one attached hydrogen (secondary N) is 1.